The molecular weight excluding hydrogens is 358 g/mol. The molecule has 1 aromatic carbocycles. The minimum Gasteiger partial charge on any atom is -0.496 e. The Bertz CT molecular complexity index is 636. The van der Waals surface area contributed by atoms with Crippen LogP contribution in [0.3, 0.4) is 0 Å². The van der Waals surface area contributed by atoms with Gasteiger partial charge in [-0.2, -0.15) is 0 Å². The van der Waals surface area contributed by atoms with Gasteiger partial charge in [-0.3, -0.25) is 9.20 Å². The summed E-state index contributed by atoms with van der Waals surface area (Å²) in [6.45, 7) is 7.78. The second-order valence-corrected chi connectivity index (χ2v) is 9.17. The van der Waals surface area contributed by atoms with Crippen LogP contribution in [-0.4, -0.2) is 47.4 Å². The number of hydrogen-bond donors (Lipinski definition) is 2. The molecule has 5 nitrogen and oxygen atoms in total. The second-order valence-electron chi connectivity index (χ2n) is 7.16. The molecule has 152 valence electrons. The molecule has 0 amide bonds. The molecule has 4 atom stereocenters. The molecule has 0 heterocycles. The molecule has 0 radical (unpaired) electrons. The van der Waals surface area contributed by atoms with Gasteiger partial charge in [-0.05, 0) is 37.8 Å². The van der Waals surface area contributed by atoms with Crippen molar-refractivity contribution in [3.8, 4) is 5.75 Å². The monoisotopic (exact) mass is 393 g/mol. The Morgan fingerprint density at radius 3 is 2.81 bits per heavy atom. The number of nitrogens with one attached hydrogen (secondary N) is 2. The first kappa shape index (κ1) is 21.7. The van der Waals surface area contributed by atoms with Crippen molar-refractivity contribution < 1.29 is 8.95 Å². The van der Waals surface area contributed by atoms with Gasteiger partial charge in [0.1, 0.15) is 5.75 Å². The number of hydrogen-bond acceptors (Lipinski definition) is 3. The molecule has 0 bridgehead atoms. The smallest absolute Gasteiger partial charge is 0.191 e. The van der Waals surface area contributed by atoms with E-state index >= 15 is 0 Å². The molecule has 1 aromatic rings. The van der Waals surface area contributed by atoms with Gasteiger partial charge in [-0.1, -0.05) is 38.5 Å². The molecule has 0 spiro atoms. The fourth-order valence-electron chi connectivity index (χ4n) is 3.66. The van der Waals surface area contributed by atoms with Crippen LogP contribution in [0.25, 0.3) is 0 Å². The molecule has 1 aliphatic rings. The molecule has 4 unspecified atom stereocenters. The quantitative estimate of drug-likeness (QED) is 0.525. The zero-order valence-corrected chi connectivity index (χ0v) is 18.0. The molecule has 2 N–H and O–H groups in total. The largest absolute Gasteiger partial charge is 0.496 e. The Kier molecular flexibility index (Phi) is 9.11. The fourth-order valence-corrected chi connectivity index (χ4v) is 5.01. The Morgan fingerprint density at radius 1 is 1.33 bits per heavy atom. The highest BCUT2D eigenvalue weighted by atomic mass is 32.2. The van der Waals surface area contributed by atoms with Crippen LogP contribution in [0.15, 0.2) is 29.3 Å². The van der Waals surface area contributed by atoms with Gasteiger partial charge in [0, 0.05) is 46.9 Å². The summed E-state index contributed by atoms with van der Waals surface area (Å²) in [5.41, 5.74) is 1.18. The Balaban J connectivity index is 2.00. The van der Waals surface area contributed by atoms with Crippen LogP contribution in [0, 0.1) is 0 Å². The SMILES string of the molecule is CCNC(=NCC(C)c1ccccc1OC)NC1CCCC(S(=O)CC)C1. The molecular formula is C21H35N3O2S. The van der Waals surface area contributed by atoms with Crippen LogP contribution in [-0.2, 0) is 10.8 Å². The van der Waals surface area contributed by atoms with Crippen LogP contribution < -0.4 is 15.4 Å². The summed E-state index contributed by atoms with van der Waals surface area (Å²) >= 11 is 0. The molecule has 1 fully saturated rings. The van der Waals surface area contributed by atoms with Gasteiger partial charge in [0.05, 0.1) is 7.11 Å². The average Bonchev–Trinajstić information content (AvgIpc) is 2.71. The molecule has 1 aliphatic carbocycles. The van der Waals surface area contributed by atoms with E-state index < -0.39 is 10.8 Å². The van der Waals surface area contributed by atoms with Gasteiger partial charge in [-0.25, -0.2) is 0 Å². The lowest BCUT2D eigenvalue weighted by atomic mass is 9.95. The lowest BCUT2D eigenvalue weighted by molar-refractivity contribution is 0.406. The first-order valence-corrected chi connectivity index (χ1v) is 11.5. The van der Waals surface area contributed by atoms with Crippen LogP contribution in [0.2, 0.25) is 0 Å². The first-order valence-electron chi connectivity index (χ1n) is 10.1. The summed E-state index contributed by atoms with van der Waals surface area (Å²) in [6, 6.07) is 8.47. The first-order chi connectivity index (χ1) is 13.1. The van der Waals surface area contributed by atoms with E-state index in [0.717, 1.165) is 49.7 Å². The standard InChI is InChI=1S/C21H35N3O2S/c1-5-22-21(24-17-10-9-11-18(14-17)27(25)6-2)23-15-16(3)19-12-7-8-13-20(19)26-4/h7-8,12-13,16-18H,5-6,9-11,14-15H2,1-4H3,(H2,22,23,24). The second kappa shape index (κ2) is 11.3. The Hall–Kier alpha value is -1.56. The number of benzene rings is 1. The minimum absolute atomic E-state index is 0.267. The summed E-state index contributed by atoms with van der Waals surface area (Å²) in [4.78, 5) is 4.81. The van der Waals surface area contributed by atoms with Crippen molar-refractivity contribution in [3.05, 3.63) is 29.8 Å². The number of aliphatic imine (C=N–C) groups is 1. The zero-order valence-electron chi connectivity index (χ0n) is 17.2. The van der Waals surface area contributed by atoms with E-state index in [1.54, 1.807) is 7.11 Å². The Morgan fingerprint density at radius 2 is 2.11 bits per heavy atom. The highest BCUT2D eigenvalue weighted by molar-refractivity contribution is 7.85. The van der Waals surface area contributed by atoms with Gasteiger partial charge in [0.25, 0.3) is 0 Å². The van der Waals surface area contributed by atoms with Crippen molar-refractivity contribution in [1.29, 1.82) is 0 Å². The topological polar surface area (TPSA) is 62.7 Å². The van der Waals surface area contributed by atoms with Crippen LogP contribution >= 0.6 is 0 Å². The van der Waals surface area contributed by atoms with Crippen LogP contribution in [0.4, 0.5) is 0 Å². The van der Waals surface area contributed by atoms with Gasteiger partial charge < -0.3 is 15.4 Å². The third kappa shape index (κ3) is 6.52. The number of rotatable bonds is 8. The average molecular weight is 394 g/mol. The van der Waals surface area contributed by atoms with E-state index in [4.69, 9.17) is 9.73 Å². The fraction of sp³-hybridized carbons (Fsp3) is 0.667. The van der Waals surface area contributed by atoms with Crippen molar-refractivity contribution in [3.63, 3.8) is 0 Å². The van der Waals surface area contributed by atoms with E-state index in [1.807, 2.05) is 25.1 Å². The maximum atomic E-state index is 12.2. The molecule has 1 saturated carbocycles. The highest BCUT2D eigenvalue weighted by Crippen LogP contribution is 2.26. The summed E-state index contributed by atoms with van der Waals surface area (Å²) in [5.74, 6) is 2.79. The molecule has 2 rings (SSSR count). The molecule has 6 heteroatoms. The van der Waals surface area contributed by atoms with E-state index in [-0.39, 0.29) is 5.92 Å². The third-order valence-electron chi connectivity index (χ3n) is 5.16. The van der Waals surface area contributed by atoms with Gasteiger partial charge in [0.2, 0.25) is 0 Å². The lowest BCUT2D eigenvalue weighted by Crippen LogP contribution is -2.46. The van der Waals surface area contributed by atoms with Crippen molar-refractivity contribution in [2.45, 2.75) is 63.7 Å². The number of ether oxygens (including phenoxy) is 1. The van der Waals surface area contributed by atoms with Crippen LogP contribution in [0.1, 0.15) is 57.9 Å². The van der Waals surface area contributed by atoms with E-state index in [0.29, 0.717) is 17.8 Å². The van der Waals surface area contributed by atoms with E-state index in [9.17, 15) is 4.21 Å². The van der Waals surface area contributed by atoms with Gasteiger partial charge in [0.15, 0.2) is 5.96 Å². The number of guanidine groups is 1. The zero-order chi connectivity index (χ0) is 19.6. The lowest BCUT2D eigenvalue weighted by Gasteiger charge is -2.30. The van der Waals surface area contributed by atoms with Gasteiger partial charge >= 0.3 is 0 Å². The number of para-hydroxylation sites is 1. The van der Waals surface area contributed by atoms with Crippen molar-refractivity contribution in [2.75, 3.05) is 26.0 Å². The Labute approximate surface area is 166 Å². The highest BCUT2D eigenvalue weighted by Gasteiger charge is 2.26. The summed E-state index contributed by atoms with van der Waals surface area (Å²) in [5, 5.41) is 7.25. The van der Waals surface area contributed by atoms with Crippen molar-refractivity contribution in [1.82, 2.24) is 10.6 Å². The predicted molar refractivity (Wildman–Crippen MR) is 115 cm³/mol. The molecule has 0 aromatic heterocycles. The third-order valence-corrected chi connectivity index (χ3v) is 6.90. The molecule has 0 aliphatic heterocycles. The summed E-state index contributed by atoms with van der Waals surface area (Å²) in [6.07, 6.45) is 4.29. The molecule has 27 heavy (non-hydrogen) atoms. The normalized spacial score (nSPS) is 22.7. The number of methoxy groups -OCH3 is 1. The van der Waals surface area contributed by atoms with E-state index in [1.165, 1.54) is 5.56 Å². The van der Waals surface area contributed by atoms with Crippen molar-refractivity contribution in [2.24, 2.45) is 4.99 Å². The predicted octanol–water partition coefficient (Wildman–Crippen LogP) is 3.43. The maximum Gasteiger partial charge on any atom is 0.191 e. The van der Waals surface area contributed by atoms with Gasteiger partial charge in [-0.15, -0.1) is 0 Å². The summed E-state index contributed by atoms with van der Waals surface area (Å²) in [7, 11) is 1.00. The summed E-state index contributed by atoms with van der Waals surface area (Å²) < 4.78 is 17.7. The van der Waals surface area contributed by atoms with Crippen molar-refractivity contribution >= 4 is 16.8 Å². The minimum atomic E-state index is -0.707. The van der Waals surface area contributed by atoms with E-state index in [2.05, 4.69) is 30.5 Å². The van der Waals surface area contributed by atoms with Crippen LogP contribution in [0.5, 0.6) is 5.75 Å². The molecule has 0 saturated heterocycles. The number of nitrogens with zero attached hydrogens (tertiary/aromatic N) is 1. The maximum absolute atomic E-state index is 12.2.